The predicted molar refractivity (Wildman–Crippen MR) is 180 cm³/mol. The third-order valence-electron chi connectivity index (χ3n) is 10.2. The number of nitrogens with one attached hydrogen (secondary N) is 1. The molecule has 0 saturated carbocycles. The molecule has 0 atom stereocenters. The van der Waals surface area contributed by atoms with Gasteiger partial charge in [-0.2, -0.15) is 0 Å². The van der Waals surface area contributed by atoms with Gasteiger partial charge in [-0.25, -0.2) is 9.37 Å². The maximum atomic E-state index is 15.3. The minimum atomic E-state index is -0.474. The van der Waals surface area contributed by atoms with Crippen LogP contribution < -0.4 is 20.7 Å². The number of carbonyl (C=O) groups is 1. The maximum absolute atomic E-state index is 15.3. The SMILES string of the molecule is [CH2]c1c(-c2cc(Nc3ccc(N4CCN(C5COC5)CC4)cn3)c(=O)n(C)c2)cc(F)cc1N1CCn2c(cc3c2CCCC3)C1=O. The highest BCUT2D eigenvalue weighted by Crippen LogP contribution is 2.36. The fourth-order valence-corrected chi connectivity index (χ4v) is 7.50. The number of amides is 1. The monoisotopic (exact) mass is 636 g/mol. The number of fused-ring (bicyclic) bond motifs is 3. The van der Waals surface area contributed by atoms with Gasteiger partial charge in [0, 0.05) is 63.8 Å². The normalized spacial score (nSPS) is 18.6. The molecule has 1 amide bonds. The first-order chi connectivity index (χ1) is 22.8. The van der Waals surface area contributed by atoms with Gasteiger partial charge in [-0.15, -0.1) is 0 Å². The van der Waals surface area contributed by atoms with E-state index >= 15 is 4.39 Å². The van der Waals surface area contributed by atoms with Crippen LogP contribution in [0.1, 0.15) is 40.2 Å². The van der Waals surface area contributed by atoms with Gasteiger partial charge >= 0.3 is 0 Å². The van der Waals surface area contributed by atoms with Crippen molar-refractivity contribution in [2.24, 2.45) is 7.05 Å². The molecule has 0 bridgehead atoms. The van der Waals surface area contributed by atoms with Gasteiger partial charge in [0.25, 0.3) is 11.5 Å². The lowest BCUT2D eigenvalue weighted by molar-refractivity contribution is -0.0660. The van der Waals surface area contributed by atoms with Crippen molar-refractivity contribution in [2.75, 3.05) is 61.1 Å². The third kappa shape index (κ3) is 5.41. The molecule has 2 saturated heterocycles. The molecule has 1 N–H and O–H groups in total. The van der Waals surface area contributed by atoms with Crippen LogP contribution in [-0.2, 0) is 31.2 Å². The molecular weight excluding hydrogens is 597 g/mol. The van der Waals surface area contributed by atoms with E-state index in [1.165, 1.54) is 28.0 Å². The van der Waals surface area contributed by atoms with E-state index in [4.69, 9.17) is 4.74 Å². The van der Waals surface area contributed by atoms with Gasteiger partial charge in [-0.3, -0.25) is 14.5 Å². The quantitative estimate of drug-likeness (QED) is 0.336. The third-order valence-corrected chi connectivity index (χ3v) is 10.2. The van der Waals surface area contributed by atoms with Crippen LogP contribution in [0.3, 0.4) is 0 Å². The number of piperazine rings is 1. The Hall–Kier alpha value is -4.48. The Morgan fingerprint density at radius 2 is 1.79 bits per heavy atom. The number of nitrogens with zero attached hydrogens (tertiary/aromatic N) is 6. The largest absolute Gasteiger partial charge is 0.378 e. The van der Waals surface area contributed by atoms with Crippen LogP contribution in [0, 0.1) is 12.7 Å². The Morgan fingerprint density at radius 3 is 2.53 bits per heavy atom. The Bertz CT molecular complexity index is 1900. The Kier molecular flexibility index (Phi) is 7.60. The second-order valence-corrected chi connectivity index (χ2v) is 13.1. The molecular formula is C36H39FN7O3. The van der Waals surface area contributed by atoms with Gasteiger partial charge in [0.2, 0.25) is 0 Å². The van der Waals surface area contributed by atoms with Crippen LogP contribution in [0.4, 0.5) is 27.3 Å². The molecule has 11 heteroatoms. The first-order valence-corrected chi connectivity index (χ1v) is 16.5. The molecule has 243 valence electrons. The molecule has 8 rings (SSSR count). The van der Waals surface area contributed by atoms with Crippen molar-refractivity contribution in [3.63, 3.8) is 0 Å². The molecule has 1 radical (unpaired) electrons. The molecule has 4 aromatic rings. The highest BCUT2D eigenvalue weighted by atomic mass is 19.1. The number of halogens is 1. The summed E-state index contributed by atoms with van der Waals surface area (Å²) in [7, 11) is 1.66. The van der Waals surface area contributed by atoms with Crippen LogP contribution in [0.15, 0.2) is 53.6 Å². The molecule has 1 aromatic carbocycles. The van der Waals surface area contributed by atoms with E-state index in [1.54, 1.807) is 24.2 Å². The van der Waals surface area contributed by atoms with Gasteiger partial charge in [0.1, 0.15) is 23.0 Å². The first-order valence-electron chi connectivity index (χ1n) is 16.5. The van der Waals surface area contributed by atoms with Crippen LogP contribution in [-0.4, -0.2) is 76.9 Å². The van der Waals surface area contributed by atoms with Crippen molar-refractivity contribution in [3.8, 4) is 11.1 Å². The van der Waals surface area contributed by atoms with Crippen molar-refractivity contribution < 1.29 is 13.9 Å². The van der Waals surface area contributed by atoms with Gasteiger partial charge in [0.05, 0.1) is 36.8 Å². The molecule has 0 unspecified atom stereocenters. The molecule has 3 aromatic heterocycles. The van der Waals surface area contributed by atoms with Gasteiger partial charge in [-0.1, -0.05) is 0 Å². The van der Waals surface area contributed by atoms with E-state index in [1.807, 2.05) is 24.4 Å². The average molecular weight is 637 g/mol. The van der Waals surface area contributed by atoms with Gasteiger partial charge < -0.3 is 29.0 Å². The van der Waals surface area contributed by atoms with E-state index < -0.39 is 5.82 Å². The van der Waals surface area contributed by atoms with Crippen LogP contribution in [0.2, 0.25) is 0 Å². The number of hydrogen-bond acceptors (Lipinski definition) is 7. The summed E-state index contributed by atoms with van der Waals surface area (Å²) in [5.74, 6) is -0.0788. The fourth-order valence-electron chi connectivity index (χ4n) is 7.50. The second-order valence-electron chi connectivity index (χ2n) is 13.1. The Morgan fingerprint density at radius 1 is 0.979 bits per heavy atom. The lowest BCUT2D eigenvalue weighted by atomic mass is 9.98. The number of aryl methyl sites for hydroxylation is 2. The summed E-state index contributed by atoms with van der Waals surface area (Å²) in [6.07, 6.45) is 7.75. The molecule has 1 aliphatic carbocycles. The maximum Gasteiger partial charge on any atom is 0.274 e. The van der Waals surface area contributed by atoms with Crippen molar-refractivity contribution >= 4 is 28.8 Å². The van der Waals surface area contributed by atoms with Crippen LogP contribution >= 0.6 is 0 Å². The lowest BCUT2D eigenvalue weighted by Gasteiger charge is -2.43. The summed E-state index contributed by atoms with van der Waals surface area (Å²) in [4.78, 5) is 38.0. The number of benzene rings is 1. The van der Waals surface area contributed by atoms with E-state index in [0.29, 0.717) is 58.7 Å². The molecule has 3 aliphatic heterocycles. The van der Waals surface area contributed by atoms with E-state index in [-0.39, 0.29) is 11.5 Å². The molecule has 10 nitrogen and oxygen atoms in total. The Balaban J connectivity index is 1.04. The number of anilines is 4. The fraction of sp³-hybridized carbons (Fsp3) is 0.389. The number of carbonyl (C=O) groups excluding carboxylic acids is 1. The topological polar surface area (TPSA) is 87.9 Å². The number of rotatable bonds is 6. The summed E-state index contributed by atoms with van der Waals surface area (Å²) in [6, 6.07) is 10.9. The predicted octanol–water partition coefficient (Wildman–Crippen LogP) is 4.37. The molecule has 47 heavy (non-hydrogen) atoms. The van der Waals surface area contributed by atoms with E-state index in [9.17, 15) is 9.59 Å². The molecule has 6 heterocycles. The number of hydrogen-bond donors (Lipinski definition) is 1. The minimum absolute atomic E-state index is 0.140. The summed E-state index contributed by atoms with van der Waals surface area (Å²) in [5, 5.41) is 3.18. The first kappa shape index (κ1) is 29.9. The van der Waals surface area contributed by atoms with Gasteiger partial charge in [0.15, 0.2) is 0 Å². The minimum Gasteiger partial charge on any atom is -0.378 e. The summed E-state index contributed by atoms with van der Waals surface area (Å²) >= 11 is 0. The zero-order valence-corrected chi connectivity index (χ0v) is 26.7. The highest BCUT2D eigenvalue weighted by Gasteiger charge is 2.32. The summed E-state index contributed by atoms with van der Waals surface area (Å²) < 4.78 is 24.2. The Labute approximate surface area is 273 Å². The zero-order valence-electron chi connectivity index (χ0n) is 26.7. The smallest absolute Gasteiger partial charge is 0.274 e. The summed E-state index contributed by atoms with van der Waals surface area (Å²) in [5.41, 5.74) is 6.38. The number of aromatic nitrogens is 3. The second kappa shape index (κ2) is 12.0. The molecule has 0 spiro atoms. The number of ether oxygens (including phenoxy) is 1. The highest BCUT2D eigenvalue weighted by molar-refractivity contribution is 6.07. The van der Waals surface area contributed by atoms with Crippen molar-refractivity contribution in [1.82, 2.24) is 19.0 Å². The van der Waals surface area contributed by atoms with Crippen molar-refractivity contribution in [1.29, 1.82) is 0 Å². The zero-order chi connectivity index (χ0) is 32.2. The van der Waals surface area contributed by atoms with Crippen molar-refractivity contribution in [3.05, 3.63) is 94.4 Å². The standard InChI is InChI=1S/C36H39FN7O3/c1-23-29(17-26(37)18-32(23)44-14-13-43-31-6-4-3-5-24(31)16-33(43)36(44)46)25-15-30(35(45)40(2)20-25)39-34-8-7-27(19-38-34)41-9-11-42(12-10-41)28-21-47-22-28/h7-8,15-20,28H,1,3-6,9-14,21-22H2,2H3,(H,38,39). The number of pyridine rings is 2. The van der Waals surface area contributed by atoms with Crippen LogP contribution in [0.25, 0.3) is 11.1 Å². The average Bonchev–Trinajstić information content (AvgIpc) is 3.44. The summed E-state index contributed by atoms with van der Waals surface area (Å²) in [6.45, 7) is 10.9. The van der Waals surface area contributed by atoms with E-state index in [2.05, 4.69) is 31.6 Å². The molecule has 2 fully saturated rings. The van der Waals surface area contributed by atoms with Crippen molar-refractivity contribution in [2.45, 2.75) is 38.3 Å². The molecule has 4 aliphatic rings. The van der Waals surface area contributed by atoms with Crippen LogP contribution in [0.5, 0.6) is 0 Å². The lowest BCUT2D eigenvalue weighted by Crippen LogP contribution is -2.56. The van der Waals surface area contributed by atoms with E-state index in [0.717, 1.165) is 70.8 Å². The van der Waals surface area contributed by atoms with Gasteiger partial charge in [-0.05, 0) is 85.7 Å².